The van der Waals surface area contributed by atoms with Gasteiger partial charge in [0.2, 0.25) is 5.95 Å². The average Bonchev–Trinajstić information content (AvgIpc) is 3.34. The van der Waals surface area contributed by atoms with Crippen molar-refractivity contribution in [2.45, 2.75) is 25.1 Å². The van der Waals surface area contributed by atoms with Crippen LogP contribution in [0.2, 0.25) is 5.02 Å². The molecule has 0 radical (unpaired) electrons. The van der Waals surface area contributed by atoms with Crippen LogP contribution in [0, 0.1) is 0 Å². The number of carbonyl (C=O) groups is 2. The molecule has 0 unspecified atom stereocenters. The first-order chi connectivity index (χ1) is 18.1. The lowest BCUT2D eigenvalue weighted by atomic mass is 10.1. The summed E-state index contributed by atoms with van der Waals surface area (Å²) in [5.74, 6) is -4.18. The van der Waals surface area contributed by atoms with Crippen molar-refractivity contribution in [1.29, 1.82) is 0 Å². The number of carbonyl (C=O) groups excluding carboxylic acids is 2. The number of amides is 1. The van der Waals surface area contributed by atoms with Crippen LogP contribution in [0.3, 0.4) is 0 Å². The van der Waals surface area contributed by atoms with E-state index in [1.54, 1.807) is 18.3 Å². The van der Waals surface area contributed by atoms with Gasteiger partial charge in [-0.3, -0.25) is 9.48 Å². The van der Waals surface area contributed by atoms with Crippen LogP contribution in [0.25, 0.3) is 0 Å². The second-order valence-corrected chi connectivity index (χ2v) is 8.58. The molecule has 0 aliphatic carbocycles. The minimum absolute atomic E-state index is 0.179. The number of hydrogen-bond donors (Lipinski definition) is 4. The second kappa shape index (κ2) is 11.5. The summed E-state index contributed by atoms with van der Waals surface area (Å²) in [6, 6.07) is 6.45. The third-order valence-corrected chi connectivity index (χ3v) is 5.64. The van der Waals surface area contributed by atoms with Crippen LogP contribution in [0.1, 0.15) is 18.9 Å². The summed E-state index contributed by atoms with van der Waals surface area (Å²) in [6.07, 6.45) is 1.68. The maximum atomic E-state index is 12.3. The smallest absolute Gasteiger partial charge is 0.415 e. The zero-order chi connectivity index (χ0) is 27.3. The molecule has 0 spiro atoms. The number of piperidine rings is 1. The highest BCUT2D eigenvalue weighted by atomic mass is 35.5. The molecule has 3 heterocycles. The van der Waals surface area contributed by atoms with E-state index < -0.39 is 23.8 Å². The van der Waals surface area contributed by atoms with Crippen LogP contribution in [0.5, 0.6) is 0 Å². The van der Waals surface area contributed by atoms with Gasteiger partial charge < -0.3 is 26.0 Å². The van der Waals surface area contributed by atoms with Gasteiger partial charge in [0.25, 0.3) is 5.91 Å². The van der Waals surface area contributed by atoms with Gasteiger partial charge in [-0.05, 0) is 44.1 Å². The van der Waals surface area contributed by atoms with Crippen LogP contribution in [0.4, 0.5) is 42.0 Å². The van der Waals surface area contributed by atoms with Gasteiger partial charge in [0.1, 0.15) is 5.02 Å². The quantitative estimate of drug-likeness (QED) is 0.184. The SMILES string of the molecule is C=C(OC(=O)C(F)(F)F)C(=O)Nc1cccc(Nc2nc(Nc3cnn(C4CCNCC4)c3)ncc2Cl)c1. The fourth-order valence-electron chi connectivity index (χ4n) is 3.55. The van der Waals surface area contributed by atoms with E-state index >= 15 is 0 Å². The van der Waals surface area contributed by atoms with Crippen molar-refractivity contribution in [3.8, 4) is 0 Å². The number of nitrogens with zero attached hydrogens (tertiary/aromatic N) is 4. The average molecular weight is 551 g/mol. The van der Waals surface area contributed by atoms with Crippen LogP contribution in [-0.4, -0.2) is 50.9 Å². The maximum absolute atomic E-state index is 12.3. The molecule has 1 amide bonds. The molecule has 4 N–H and O–H groups in total. The number of aromatic nitrogens is 4. The molecule has 2 aromatic heterocycles. The highest BCUT2D eigenvalue weighted by Gasteiger charge is 2.42. The summed E-state index contributed by atoms with van der Waals surface area (Å²) in [6.45, 7) is 4.93. The Labute approximate surface area is 219 Å². The molecule has 1 saturated heterocycles. The van der Waals surface area contributed by atoms with Crippen LogP contribution >= 0.6 is 11.6 Å². The first-order valence-electron chi connectivity index (χ1n) is 11.3. The molecule has 200 valence electrons. The molecule has 11 nitrogen and oxygen atoms in total. The number of rotatable bonds is 8. The molecule has 3 aromatic rings. The number of benzene rings is 1. The van der Waals surface area contributed by atoms with Crippen LogP contribution in [-0.2, 0) is 14.3 Å². The Hall–Kier alpha value is -4.17. The van der Waals surface area contributed by atoms with Crippen molar-refractivity contribution in [2.75, 3.05) is 29.0 Å². The first-order valence-corrected chi connectivity index (χ1v) is 11.7. The number of esters is 1. The number of anilines is 5. The lowest BCUT2D eigenvalue weighted by Gasteiger charge is -2.22. The highest BCUT2D eigenvalue weighted by molar-refractivity contribution is 6.32. The Morgan fingerprint density at radius 3 is 2.61 bits per heavy atom. The van der Waals surface area contributed by atoms with E-state index in [0.717, 1.165) is 25.9 Å². The van der Waals surface area contributed by atoms with Gasteiger partial charge >= 0.3 is 12.1 Å². The summed E-state index contributed by atoms with van der Waals surface area (Å²) in [5, 5.41) is 16.3. The van der Waals surface area contributed by atoms with E-state index in [2.05, 4.69) is 47.6 Å². The van der Waals surface area contributed by atoms with Gasteiger partial charge in [0.15, 0.2) is 11.6 Å². The zero-order valence-electron chi connectivity index (χ0n) is 19.7. The van der Waals surface area contributed by atoms with Crippen molar-refractivity contribution < 1.29 is 27.5 Å². The summed E-state index contributed by atoms with van der Waals surface area (Å²) >= 11 is 6.25. The zero-order valence-corrected chi connectivity index (χ0v) is 20.4. The predicted molar refractivity (Wildman–Crippen MR) is 133 cm³/mol. The monoisotopic (exact) mass is 550 g/mol. The fourth-order valence-corrected chi connectivity index (χ4v) is 3.68. The number of ether oxygens (including phenoxy) is 1. The molecule has 15 heteroatoms. The molecule has 1 aliphatic rings. The van der Waals surface area contributed by atoms with Crippen molar-refractivity contribution in [1.82, 2.24) is 25.1 Å². The topological polar surface area (TPSA) is 135 Å². The van der Waals surface area contributed by atoms with E-state index in [4.69, 9.17) is 11.6 Å². The lowest BCUT2D eigenvalue weighted by molar-refractivity contribution is -0.195. The third kappa shape index (κ3) is 6.98. The van der Waals surface area contributed by atoms with E-state index in [-0.39, 0.29) is 22.5 Å². The molecule has 38 heavy (non-hydrogen) atoms. The number of nitrogens with one attached hydrogen (secondary N) is 4. The summed E-state index contributed by atoms with van der Waals surface area (Å²) < 4.78 is 42.9. The summed E-state index contributed by atoms with van der Waals surface area (Å²) in [4.78, 5) is 31.6. The maximum Gasteiger partial charge on any atom is 0.491 e. The normalized spacial score (nSPS) is 14.0. The van der Waals surface area contributed by atoms with Crippen molar-refractivity contribution >= 4 is 52.3 Å². The van der Waals surface area contributed by atoms with E-state index in [1.165, 1.54) is 18.3 Å². The first kappa shape index (κ1) is 26.9. The van der Waals surface area contributed by atoms with E-state index in [0.29, 0.717) is 17.4 Å². The Kier molecular flexibility index (Phi) is 8.12. The molecule has 0 saturated carbocycles. The van der Waals surface area contributed by atoms with Gasteiger partial charge in [-0.2, -0.15) is 23.3 Å². The van der Waals surface area contributed by atoms with Crippen LogP contribution < -0.4 is 21.3 Å². The molecule has 4 rings (SSSR count). The third-order valence-electron chi connectivity index (χ3n) is 5.37. The van der Waals surface area contributed by atoms with Gasteiger partial charge in [0, 0.05) is 17.6 Å². The Morgan fingerprint density at radius 2 is 1.87 bits per heavy atom. The predicted octanol–water partition coefficient (Wildman–Crippen LogP) is 4.30. The number of alkyl halides is 3. The Morgan fingerprint density at radius 1 is 1.13 bits per heavy atom. The largest absolute Gasteiger partial charge is 0.491 e. The minimum atomic E-state index is -5.26. The van der Waals surface area contributed by atoms with Crippen LogP contribution in [0.15, 0.2) is 55.2 Å². The molecule has 1 aromatic carbocycles. The van der Waals surface area contributed by atoms with E-state index in [1.807, 2.05) is 10.9 Å². The second-order valence-electron chi connectivity index (χ2n) is 8.18. The molecule has 0 bridgehead atoms. The standard InChI is InChI=1S/C23H22ClF3N8O3/c1-13(38-21(37)23(25,26)27)20(36)32-15-4-2-3-14(9-15)31-19-18(24)11-29-22(34-19)33-16-10-30-35(12-16)17-5-7-28-8-6-17/h2-4,9-12,17,28H,1,5-8H2,(H,32,36)(H2,29,31,33,34). The summed E-state index contributed by atoms with van der Waals surface area (Å²) in [5.41, 5.74) is 1.32. The van der Waals surface area contributed by atoms with Gasteiger partial charge in [-0.25, -0.2) is 9.78 Å². The molecule has 1 fully saturated rings. The molecular weight excluding hydrogens is 529 g/mol. The molecule has 1 aliphatic heterocycles. The summed E-state index contributed by atoms with van der Waals surface area (Å²) in [7, 11) is 0. The Bertz CT molecular complexity index is 1340. The lowest BCUT2D eigenvalue weighted by Crippen LogP contribution is -2.29. The van der Waals surface area contributed by atoms with Gasteiger partial charge in [-0.15, -0.1) is 0 Å². The van der Waals surface area contributed by atoms with Crippen molar-refractivity contribution in [3.63, 3.8) is 0 Å². The molecular formula is C23H22ClF3N8O3. The minimum Gasteiger partial charge on any atom is -0.415 e. The highest BCUT2D eigenvalue weighted by Crippen LogP contribution is 2.27. The van der Waals surface area contributed by atoms with Crippen molar-refractivity contribution in [2.24, 2.45) is 0 Å². The number of halogens is 4. The fraction of sp³-hybridized carbons (Fsp3) is 0.261. The van der Waals surface area contributed by atoms with Gasteiger partial charge in [-0.1, -0.05) is 24.2 Å². The van der Waals surface area contributed by atoms with Gasteiger partial charge in [0.05, 0.1) is 24.1 Å². The number of hydrogen-bond acceptors (Lipinski definition) is 9. The Balaban J connectivity index is 1.40. The van der Waals surface area contributed by atoms with Crippen molar-refractivity contribution in [3.05, 3.63) is 60.2 Å². The van der Waals surface area contributed by atoms with E-state index in [9.17, 15) is 22.8 Å². The molecule has 0 atom stereocenters.